The average molecular weight is 425 g/mol. The van der Waals surface area contributed by atoms with Crippen LogP contribution in [0.5, 0.6) is 0 Å². The number of carbonyl (C=O) groups excluding carboxylic acids is 1. The molecule has 2 N–H and O–H groups in total. The van der Waals surface area contributed by atoms with E-state index in [1.54, 1.807) is 0 Å². The smallest absolute Gasteiger partial charge is 0.434 e. The number of methoxy groups -OCH3 is 1. The Kier molecular flexibility index (Phi) is 5.55. The second-order valence-corrected chi connectivity index (χ2v) is 6.12. The lowest BCUT2D eigenvalue weighted by molar-refractivity contribution is -0.140. The van der Waals surface area contributed by atoms with E-state index in [-0.39, 0.29) is 33.2 Å². The average Bonchev–Trinajstić information content (AvgIpc) is 2.68. The Morgan fingerprint density at radius 3 is 2.66 bits per heavy atom. The van der Waals surface area contributed by atoms with E-state index in [9.17, 15) is 22.8 Å². The van der Waals surface area contributed by atoms with Gasteiger partial charge >= 0.3 is 12.3 Å². The fourth-order valence-electron chi connectivity index (χ4n) is 2.58. The highest BCUT2D eigenvalue weighted by molar-refractivity contribution is 6.33. The second-order valence-electron chi connectivity index (χ2n) is 5.71. The summed E-state index contributed by atoms with van der Waals surface area (Å²) in [5, 5.41) is 2.47. The fourth-order valence-corrected chi connectivity index (χ4v) is 2.79. The molecule has 3 heterocycles. The number of alkyl halides is 3. The molecule has 150 valence electrons. The number of ether oxygens (including phenoxy) is 1. The van der Waals surface area contributed by atoms with E-state index < -0.39 is 23.5 Å². The van der Waals surface area contributed by atoms with Gasteiger partial charge in [0, 0.05) is 29.6 Å². The Morgan fingerprint density at radius 2 is 1.97 bits per heavy atom. The third kappa shape index (κ3) is 4.54. The summed E-state index contributed by atoms with van der Waals surface area (Å²) in [6, 6.07) is 6.38. The highest BCUT2D eigenvalue weighted by atomic mass is 35.5. The number of halogens is 4. The lowest BCUT2D eigenvalue weighted by Gasteiger charge is -2.13. The van der Waals surface area contributed by atoms with Crippen LogP contribution < -0.4 is 10.9 Å². The summed E-state index contributed by atoms with van der Waals surface area (Å²) in [4.78, 5) is 33.2. The van der Waals surface area contributed by atoms with Crippen molar-refractivity contribution in [1.82, 2.24) is 15.0 Å². The summed E-state index contributed by atoms with van der Waals surface area (Å²) >= 11 is 6.14. The van der Waals surface area contributed by atoms with Crippen LogP contribution in [0, 0.1) is 0 Å². The van der Waals surface area contributed by atoms with Crippen LogP contribution in [-0.2, 0) is 10.9 Å². The Bertz CT molecular complexity index is 1130. The number of pyridine rings is 3. The van der Waals surface area contributed by atoms with Gasteiger partial charge in [0.05, 0.1) is 17.8 Å². The van der Waals surface area contributed by atoms with Crippen molar-refractivity contribution in [2.45, 2.75) is 6.18 Å². The van der Waals surface area contributed by atoms with Crippen LogP contribution >= 0.6 is 11.6 Å². The van der Waals surface area contributed by atoms with Crippen molar-refractivity contribution in [3.8, 4) is 22.4 Å². The van der Waals surface area contributed by atoms with Gasteiger partial charge in [0.15, 0.2) is 5.69 Å². The molecule has 1 amide bonds. The maximum absolute atomic E-state index is 13.3. The molecule has 0 bridgehead atoms. The lowest BCUT2D eigenvalue weighted by Crippen LogP contribution is -2.13. The zero-order valence-corrected chi connectivity index (χ0v) is 15.4. The first-order valence-electron chi connectivity index (χ1n) is 7.97. The summed E-state index contributed by atoms with van der Waals surface area (Å²) in [6.45, 7) is 0. The molecular formula is C18H12ClF3N4O3. The fraction of sp³-hybridized carbons (Fsp3) is 0.111. The molecule has 11 heteroatoms. The van der Waals surface area contributed by atoms with Crippen LogP contribution in [0.1, 0.15) is 5.69 Å². The number of nitrogens with zero attached hydrogens (tertiary/aromatic N) is 2. The van der Waals surface area contributed by atoms with Crippen molar-refractivity contribution in [3.05, 3.63) is 63.8 Å². The van der Waals surface area contributed by atoms with E-state index in [2.05, 4.69) is 25.0 Å². The summed E-state index contributed by atoms with van der Waals surface area (Å²) in [5.41, 5.74) is -1.68. The van der Waals surface area contributed by atoms with Gasteiger partial charge < -0.3 is 9.72 Å². The summed E-state index contributed by atoms with van der Waals surface area (Å²) in [7, 11) is 1.17. The van der Waals surface area contributed by atoms with E-state index in [1.807, 2.05) is 0 Å². The molecule has 0 unspecified atom stereocenters. The van der Waals surface area contributed by atoms with Gasteiger partial charge in [-0.1, -0.05) is 11.6 Å². The Hall–Kier alpha value is -3.40. The quantitative estimate of drug-likeness (QED) is 0.651. The minimum Gasteiger partial charge on any atom is -0.453 e. The summed E-state index contributed by atoms with van der Waals surface area (Å²) in [5.74, 6) is 0.0791. The molecule has 0 spiro atoms. The topological polar surface area (TPSA) is 97.0 Å². The lowest BCUT2D eigenvalue weighted by atomic mass is 10.0. The molecule has 29 heavy (non-hydrogen) atoms. The van der Waals surface area contributed by atoms with Crippen molar-refractivity contribution < 1.29 is 22.7 Å². The number of aromatic amines is 1. The zero-order valence-electron chi connectivity index (χ0n) is 14.7. The van der Waals surface area contributed by atoms with Gasteiger partial charge in [-0.3, -0.25) is 15.1 Å². The third-order valence-electron chi connectivity index (χ3n) is 3.79. The number of anilines is 1. The van der Waals surface area contributed by atoms with Gasteiger partial charge in [0.2, 0.25) is 5.56 Å². The molecule has 3 aromatic heterocycles. The van der Waals surface area contributed by atoms with Crippen LogP contribution in [0.2, 0.25) is 5.02 Å². The van der Waals surface area contributed by atoms with Gasteiger partial charge in [-0.25, -0.2) is 9.78 Å². The first kappa shape index (κ1) is 20.3. The molecule has 0 saturated carbocycles. The van der Waals surface area contributed by atoms with Crippen molar-refractivity contribution in [3.63, 3.8) is 0 Å². The number of hydrogen-bond donors (Lipinski definition) is 2. The predicted octanol–water partition coefficient (Wildman–Crippen LogP) is 4.35. The first-order valence-corrected chi connectivity index (χ1v) is 8.34. The Morgan fingerprint density at radius 1 is 1.21 bits per heavy atom. The van der Waals surface area contributed by atoms with E-state index >= 15 is 0 Å². The molecule has 0 aromatic carbocycles. The predicted molar refractivity (Wildman–Crippen MR) is 99.6 cm³/mol. The molecule has 3 aromatic rings. The van der Waals surface area contributed by atoms with Crippen LogP contribution in [0.15, 0.2) is 47.5 Å². The number of hydrogen-bond acceptors (Lipinski definition) is 5. The zero-order chi connectivity index (χ0) is 21.2. The van der Waals surface area contributed by atoms with Crippen molar-refractivity contribution in [2.75, 3.05) is 12.4 Å². The van der Waals surface area contributed by atoms with Gasteiger partial charge in [-0.15, -0.1) is 0 Å². The van der Waals surface area contributed by atoms with Crippen LogP contribution in [-0.4, -0.2) is 28.2 Å². The number of rotatable bonds is 3. The largest absolute Gasteiger partial charge is 0.453 e. The van der Waals surface area contributed by atoms with Crippen LogP contribution in [0.4, 0.5) is 23.8 Å². The number of carbonyl (C=O) groups is 1. The Balaban J connectivity index is 2.14. The monoisotopic (exact) mass is 424 g/mol. The molecule has 3 rings (SSSR count). The van der Waals surface area contributed by atoms with Crippen molar-refractivity contribution >= 4 is 23.5 Å². The number of aromatic nitrogens is 3. The summed E-state index contributed by atoms with van der Waals surface area (Å²) in [6.07, 6.45) is -3.25. The molecule has 0 radical (unpaired) electrons. The molecular weight excluding hydrogens is 413 g/mol. The number of amides is 1. The van der Waals surface area contributed by atoms with Crippen molar-refractivity contribution in [2.24, 2.45) is 0 Å². The normalized spacial score (nSPS) is 11.2. The van der Waals surface area contributed by atoms with Gasteiger partial charge in [0.1, 0.15) is 5.82 Å². The number of nitrogens with one attached hydrogen (secondary N) is 2. The van der Waals surface area contributed by atoms with Crippen LogP contribution in [0.3, 0.4) is 0 Å². The van der Waals surface area contributed by atoms with E-state index in [4.69, 9.17) is 11.6 Å². The minimum absolute atomic E-state index is 0.0791. The van der Waals surface area contributed by atoms with E-state index in [0.29, 0.717) is 0 Å². The van der Waals surface area contributed by atoms with E-state index in [1.165, 1.54) is 37.6 Å². The molecule has 0 aliphatic carbocycles. The Labute approximate surface area is 166 Å². The summed E-state index contributed by atoms with van der Waals surface area (Å²) < 4.78 is 44.4. The molecule has 0 aliphatic heterocycles. The molecule has 7 nitrogen and oxygen atoms in total. The van der Waals surface area contributed by atoms with Gasteiger partial charge in [-0.2, -0.15) is 13.2 Å². The second kappa shape index (κ2) is 7.92. The maximum atomic E-state index is 13.3. The first-order chi connectivity index (χ1) is 13.7. The molecule has 0 atom stereocenters. The van der Waals surface area contributed by atoms with Gasteiger partial charge in [-0.05, 0) is 29.8 Å². The SMILES string of the molecule is COC(=O)Nc1cc(-c2cc(-c3cccnc3C(F)(F)F)[nH]c(=O)c2)c(Cl)cn1. The number of H-pyrrole nitrogens is 1. The maximum Gasteiger partial charge on any atom is 0.434 e. The standard InChI is InChI=1S/C18H12ClF3N4O3/c1-29-17(28)26-14-7-11(12(19)8-24-14)9-5-13(25-15(27)6-9)10-3-2-4-23-16(10)18(20,21)22/h2-8H,1H3,(H,25,27)(H,24,26,28). The highest BCUT2D eigenvalue weighted by Crippen LogP contribution is 2.36. The molecule has 0 aliphatic rings. The molecule has 0 fully saturated rings. The highest BCUT2D eigenvalue weighted by Gasteiger charge is 2.35. The minimum atomic E-state index is -4.71. The van der Waals surface area contributed by atoms with Crippen molar-refractivity contribution in [1.29, 1.82) is 0 Å². The van der Waals surface area contributed by atoms with E-state index in [0.717, 1.165) is 12.3 Å². The molecule has 0 saturated heterocycles. The third-order valence-corrected chi connectivity index (χ3v) is 4.09. The van der Waals surface area contributed by atoms with Gasteiger partial charge in [0.25, 0.3) is 0 Å². The van der Waals surface area contributed by atoms with Crippen LogP contribution in [0.25, 0.3) is 22.4 Å².